The molecule has 1 aliphatic heterocycles. The Labute approximate surface area is 173 Å². The quantitative estimate of drug-likeness (QED) is 0.603. The summed E-state index contributed by atoms with van der Waals surface area (Å²) in [6, 6.07) is 3.95. The van der Waals surface area contributed by atoms with E-state index in [9.17, 15) is 9.59 Å². The van der Waals surface area contributed by atoms with Crippen molar-refractivity contribution in [1.29, 1.82) is 0 Å². The molecule has 8 heteroatoms. The van der Waals surface area contributed by atoms with E-state index in [-0.39, 0.29) is 30.1 Å². The van der Waals surface area contributed by atoms with Gasteiger partial charge in [-0.25, -0.2) is 0 Å². The van der Waals surface area contributed by atoms with Gasteiger partial charge in [-0.1, -0.05) is 6.92 Å². The number of nitrogens with zero attached hydrogens (tertiary/aromatic N) is 1. The van der Waals surface area contributed by atoms with Crippen molar-refractivity contribution in [2.45, 2.75) is 32.7 Å². The first-order valence-electron chi connectivity index (χ1n) is 9.44. The lowest BCUT2D eigenvalue weighted by Crippen LogP contribution is -2.37. The topological polar surface area (TPSA) is 79.9 Å². The molecule has 28 heavy (non-hydrogen) atoms. The van der Waals surface area contributed by atoms with Gasteiger partial charge in [0.1, 0.15) is 0 Å². The summed E-state index contributed by atoms with van der Waals surface area (Å²) >= 11 is 0. The standard InChI is InChI=1S/C20H31N3O4.ClH/c1-14(12-21-2)20(25)22-8-5-6-19(24)23-9-7-15-10-17(26-3)18(27-4)11-16(15)13-23;/h10-11,14,21H,5-9,12-13H2,1-4H3,(H,22,25);1H. The number of hydrogen-bond donors (Lipinski definition) is 2. The van der Waals surface area contributed by atoms with E-state index in [0.29, 0.717) is 44.8 Å². The molecule has 1 unspecified atom stereocenters. The van der Waals surface area contributed by atoms with Crippen LogP contribution in [0.5, 0.6) is 11.5 Å². The van der Waals surface area contributed by atoms with Gasteiger partial charge < -0.3 is 25.0 Å². The van der Waals surface area contributed by atoms with E-state index in [0.717, 1.165) is 17.7 Å². The average molecular weight is 414 g/mol. The fraction of sp³-hybridized carbons (Fsp3) is 0.600. The average Bonchev–Trinajstić information content (AvgIpc) is 2.69. The van der Waals surface area contributed by atoms with Crippen molar-refractivity contribution in [3.05, 3.63) is 23.3 Å². The molecule has 2 N–H and O–H groups in total. The van der Waals surface area contributed by atoms with Crippen molar-refractivity contribution < 1.29 is 19.1 Å². The lowest BCUT2D eigenvalue weighted by atomic mass is 9.98. The van der Waals surface area contributed by atoms with Crippen molar-refractivity contribution in [3.8, 4) is 11.5 Å². The third-order valence-corrected chi connectivity index (χ3v) is 4.90. The molecule has 2 rings (SSSR count). The molecule has 1 heterocycles. The first kappa shape index (κ1) is 24.0. The van der Waals surface area contributed by atoms with E-state index in [4.69, 9.17) is 9.47 Å². The largest absolute Gasteiger partial charge is 0.493 e. The predicted molar refractivity (Wildman–Crippen MR) is 111 cm³/mol. The first-order chi connectivity index (χ1) is 13.0. The van der Waals surface area contributed by atoms with E-state index >= 15 is 0 Å². The fourth-order valence-electron chi connectivity index (χ4n) is 3.28. The summed E-state index contributed by atoms with van der Waals surface area (Å²) in [5, 5.41) is 5.87. The number of benzene rings is 1. The van der Waals surface area contributed by atoms with Gasteiger partial charge in [-0.2, -0.15) is 0 Å². The van der Waals surface area contributed by atoms with Crippen molar-refractivity contribution in [1.82, 2.24) is 15.5 Å². The molecular weight excluding hydrogens is 382 g/mol. The highest BCUT2D eigenvalue weighted by Gasteiger charge is 2.22. The second-order valence-corrected chi connectivity index (χ2v) is 6.89. The Hall–Kier alpha value is -1.99. The summed E-state index contributed by atoms with van der Waals surface area (Å²) in [6.45, 7) is 4.33. The van der Waals surface area contributed by atoms with Crippen LogP contribution in [-0.2, 0) is 22.6 Å². The molecular formula is C20H32ClN3O4. The van der Waals surface area contributed by atoms with E-state index in [1.165, 1.54) is 5.56 Å². The number of methoxy groups -OCH3 is 2. The normalized spacial score (nSPS) is 13.8. The van der Waals surface area contributed by atoms with Crippen LogP contribution in [-0.4, -0.2) is 57.6 Å². The predicted octanol–water partition coefficient (Wildman–Crippen LogP) is 1.76. The minimum Gasteiger partial charge on any atom is -0.493 e. The molecule has 0 saturated carbocycles. The maximum absolute atomic E-state index is 12.5. The Kier molecular flexibility index (Phi) is 10.1. The van der Waals surface area contributed by atoms with E-state index in [2.05, 4.69) is 10.6 Å². The summed E-state index contributed by atoms with van der Waals surface area (Å²) < 4.78 is 10.7. The Morgan fingerprint density at radius 2 is 1.82 bits per heavy atom. The molecule has 1 aromatic rings. The van der Waals surface area contributed by atoms with Crippen LogP contribution in [0.3, 0.4) is 0 Å². The molecule has 158 valence electrons. The highest BCUT2D eigenvalue weighted by Crippen LogP contribution is 2.33. The van der Waals surface area contributed by atoms with E-state index < -0.39 is 0 Å². The van der Waals surface area contributed by atoms with Crippen LogP contribution >= 0.6 is 12.4 Å². The number of rotatable bonds is 9. The van der Waals surface area contributed by atoms with Crippen LogP contribution in [0.25, 0.3) is 0 Å². The maximum atomic E-state index is 12.5. The molecule has 1 aliphatic rings. The Bertz CT molecular complexity index is 669. The van der Waals surface area contributed by atoms with Crippen molar-refractivity contribution >= 4 is 24.2 Å². The maximum Gasteiger partial charge on any atom is 0.224 e. The number of amides is 2. The second-order valence-electron chi connectivity index (χ2n) is 6.89. The monoisotopic (exact) mass is 413 g/mol. The zero-order valence-corrected chi connectivity index (χ0v) is 18.0. The number of halogens is 1. The molecule has 0 bridgehead atoms. The first-order valence-corrected chi connectivity index (χ1v) is 9.44. The molecule has 0 fully saturated rings. The van der Waals surface area contributed by atoms with Gasteiger partial charge >= 0.3 is 0 Å². The van der Waals surface area contributed by atoms with Crippen LogP contribution in [0.4, 0.5) is 0 Å². The lowest BCUT2D eigenvalue weighted by molar-refractivity contribution is -0.132. The SMILES string of the molecule is CNCC(C)C(=O)NCCCC(=O)N1CCc2cc(OC)c(OC)cc2C1.Cl. The Balaban J connectivity index is 0.00000392. The third-order valence-electron chi connectivity index (χ3n) is 4.90. The van der Waals surface area contributed by atoms with E-state index in [1.54, 1.807) is 14.2 Å². The zero-order valence-electron chi connectivity index (χ0n) is 17.2. The molecule has 7 nitrogen and oxygen atoms in total. The summed E-state index contributed by atoms with van der Waals surface area (Å²) in [6.07, 6.45) is 1.88. The van der Waals surface area contributed by atoms with Crippen molar-refractivity contribution in [2.24, 2.45) is 5.92 Å². The summed E-state index contributed by atoms with van der Waals surface area (Å²) in [4.78, 5) is 26.2. The molecule has 0 radical (unpaired) electrons. The van der Waals surface area contributed by atoms with Crippen molar-refractivity contribution in [3.63, 3.8) is 0 Å². The van der Waals surface area contributed by atoms with Gasteiger partial charge in [0, 0.05) is 38.5 Å². The van der Waals surface area contributed by atoms with Gasteiger partial charge in [-0.05, 0) is 43.1 Å². The number of nitrogens with one attached hydrogen (secondary N) is 2. The number of carbonyl (C=O) groups is 2. The number of carbonyl (C=O) groups excluding carboxylic acids is 2. The van der Waals surface area contributed by atoms with Gasteiger partial charge in [0.05, 0.1) is 14.2 Å². The molecule has 2 amide bonds. The Morgan fingerprint density at radius 3 is 2.43 bits per heavy atom. The van der Waals surface area contributed by atoms with Crippen LogP contribution in [0.1, 0.15) is 30.9 Å². The van der Waals surface area contributed by atoms with Crippen LogP contribution < -0.4 is 20.1 Å². The lowest BCUT2D eigenvalue weighted by Gasteiger charge is -2.29. The molecule has 0 aliphatic carbocycles. The highest BCUT2D eigenvalue weighted by atomic mass is 35.5. The molecule has 1 atom stereocenters. The second kappa shape index (κ2) is 11.8. The third kappa shape index (κ3) is 6.27. The number of hydrogen-bond acceptors (Lipinski definition) is 5. The van der Waals surface area contributed by atoms with Gasteiger partial charge in [0.15, 0.2) is 11.5 Å². The van der Waals surface area contributed by atoms with Gasteiger partial charge in [-0.3, -0.25) is 9.59 Å². The molecule has 0 spiro atoms. The highest BCUT2D eigenvalue weighted by molar-refractivity contribution is 5.85. The minimum atomic E-state index is -0.0729. The van der Waals surface area contributed by atoms with E-state index in [1.807, 2.05) is 31.0 Å². The van der Waals surface area contributed by atoms with Gasteiger partial charge in [0.2, 0.25) is 11.8 Å². The summed E-state index contributed by atoms with van der Waals surface area (Å²) in [7, 11) is 5.06. The Morgan fingerprint density at radius 1 is 1.18 bits per heavy atom. The molecule has 1 aromatic carbocycles. The minimum absolute atomic E-state index is 0. The molecule has 0 aromatic heterocycles. The fourth-order valence-corrected chi connectivity index (χ4v) is 3.28. The number of fused-ring (bicyclic) bond motifs is 1. The smallest absolute Gasteiger partial charge is 0.224 e. The zero-order chi connectivity index (χ0) is 19.8. The van der Waals surface area contributed by atoms with Gasteiger partial charge in [0.25, 0.3) is 0 Å². The summed E-state index contributed by atoms with van der Waals surface area (Å²) in [5.41, 5.74) is 2.30. The number of ether oxygens (including phenoxy) is 2. The van der Waals surface area contributed by atoms with Crippen molar-refractivity contribution in [2.75, 3.05) is 40.9 Å². The van der Waals surface area contributed by atoms with Crippen LogP contribution in [0.2, 0.25) is 0 Å². The van der Waals surface area contributed by atoms with Crippen LogP contribution in [0, 0.1) is 5.92 Å². The summed E-state index contributed by atoms with van der Waals surface area (Å²) in [5.74, 6) is 1.47. The van der Waals surface area contributed by atoms with Crippen LogP contribution in [0.15, 0.2) is 12.1 Å². The molecule has 0 saturated heterocycles. The van der Waals surface area contributed by atoms with Gasteiger partial charge in [-0.15, -0.1) is 12.4 Å².